The average molecular weight is 291 g/mol. The Morgan fingerprint density at radius 2 is 1.81 bits per heavy atom. The van der Waals surface area contributed by atoms with E-state index in [1.165, 1.54) is 5.56 Å². The molecule has 0 saturated heterocycles. The fraction of sp³-hybridized carbons (Fsp3) is 0.529. The molecule has 0 spiro atoms. The molecular weight excluding hydrogens is 266 g/mol. The van der Waals surface area contributed by atoms with Crippen molar-refractivity contribution in [1.82, 2.24) is 5.32 Å². The third-order valence-electron chi connectivity index (χ3n) is 3.55. The van der Waals surface area contributed by atoms with Crippen LogP contribution in [0.4, 0.5) is 0 Å². The van der Waals surface area contributed by atoms with Crippen LogP contribution in [0.1, 0.15) is 56.0 Å². The summed E-state index contributed by atoms with van der Waals surface area (Å²) in [5.74, 6) is -1.03. The smallest absolute Gasteiger partial charge is 0.305 e. The van der Waals surface area contributed by atoms with Crippen LogP contribution in [0.15, 0.2) is 24.3 Å². The number of carboxylic acids is 1. The van der Waals surface area contributed by atoms with Crippen molar-refractivity contribution in [1.29, 1.82) is 0 Å². The molecular formula is C17H25NO3. The monoisotopic (exact) mass is 291 g/mol. The van der Waals surface area contributed by atoms with Gasteiger partial charge in [0.25, 0.3) is 5.91 Å². The summed E-state index contributed by atoms with van der Waals surface area (Å²) in [6, 6.07) is 7.18. The highest BCUT2D eigenvalue weighted by Gasteiger charge is 2.20. The molecule has 4 nitrogen and oxygen atoms in total. The Morgan fingerprint density at radius 1 is 1.19 bits per heavy atom. The zero-order valence-electron chi connectivity index (χ0n) is 13.1. The van der Waals surface area contributed by atoms with E-state index in [0.29, 0.717) is 5.56 Å². The number of amides is 1. The van der Waals surface area contributed by atoms with E-state index < -0.39 is 5.97 Å². The zero-order valence-corrected chi connectivity index (χ0v) is 13.1. The number of carbonyl (C=O) groups is 2. The number of unbranched alkanes of at least 4 members (excludes halogenated alkanes) is 1. The predicted octanol–water partition coefficient (Wildman–Crippen LogP) is 3.26. The normalized spacial score (nSPS) is 12.2. The van der Waals surface area contributed by atoms with Gasteiger partial charge < -0.3 is 10.4 Å². The van der Waals surface area contributed by atoms with E-state index in [1.54, 1.807) is 12.1 Å². The second-order valence-electron chi connectivity index (χ2n) is 5.72. The van der Waals surface area contributed by atoms with E-state index >= 15 is 0 Å². The lowest BCUT2D eigenvalue weighted by Gasteiger charge is -2.20. The van der Waals surface area contributed by atoms with Crippen LogP contribution < -0.4 is 5.32 Å². The largest absolute Gasteiger partial charge is 0.481 e. The van der Waals surface area contributed by atoms with Gasteiger partial charge in [0.05, 0.1) is 6.42 Å². The van der Waals surface area contributed by atoms with Crippen LogP contribution in [-0.2, 0) is 11.2 Å². The summed E-state index contributed by atoms with van der Waals surface area (Å²) in [6.45, 7) is 5.96. The molecule has 0 aliphatic rings. The quantitative estimate of drug-likeness (QED) is 0.772. The van der Waals surface area contributed by atoms with Gasteiger partial charge >= 0.3 is 5.97 Å². The molecule has 0 fully saturated rings. The molecule has 21 heavy (non-hydrogen) atoms. The second-order valence-corrected chi connectivity index (χ2v) is 5.72. The zero-order chi connectivity index (χ0) is 15.8. The molecule has 1 amide bonds. The van der Waals surface area contributed by atoms with Gasteiger partial charge in [-0.3, -0.25) is 9.59 Å². The number of aryl methyl sites for hydroxylation is 1. The SMILES string of the molecule is CCCCc1ccc(C(=O)NC(CC(=O)O)C(C)C)cc1. The van der Waals surface area contributed by atoms with E-state index in [1.807, 2.05) is 26.0 Å². The van der Waals surface area contributed by atoms with Gasteiger partial charge in [-0.2, -0.15) is 0 Å². The molecule has 1 aromatic rings. The molecule has 0 aliphatic carbocycles. The first-order valence-electron chi connectivity index (χ1n) is 7.55. The number of aliphatic carboxylic acids is 1. The Hall–Kier alpha value is -1.84. The highest BCUT2D eigenvalue weighted by molar-refractivity contribution is 5.94. The third kappa shape index (κ3) is 5.98. The molecule has 1 rings (SSSR count). The lowest BCUT2D eigenvalue weighted by molar-refractivity contribution is -0.137. The topological polar surface area (TPSA) is 66.4 Å². The lowest BCUT2D eigenvalue weighted by Crippen LogP contribution is -2.40. The van der Waals surface area contributed by atoms with Gasteiger partial charge in [0, 0.05) is 11.6 Å². The van der Waals surface area contributed by atoms with Crippen molar-refractivity contribution < 1.29 is 14.7 Å². The maximum Gasteiger partial charge on any atom is 0.305 e. The number of hydrogen-bond donors (Lipinski definition) is 2. The van der Waals surface area contributed by atoms with E-state index in [0.717, 1.165) is 19.3 Å². The minimum Gasteiger partial charge on any atom is -0.481 e. The first-order chi connectivity index (χ1) is 9.93. The molecule has 0 aromatic heterocycles. The Morgan fingerprint density at radius 3 is 2.29 bits per heavy atom. The predicted molar refractivity (Wildman–Crippen MR) is 83.4 cm³/mol. The molecule has 2 N–H and O–H groups in total. The maximum absolute atomic E-state index is 12.2. The molecule has 0 aliphatic heterocycles. The van der Waals surface area contributed by atoms with Crippen molar-refractivity contribution in [2.24, 2.45) is 5.92 Å². The summed E-state index contributed by atoms with van der Waals surface area (Å²) in [7, 11) is 0. The van der Waals surface area contributed by atoms with Crippen LogP contribution in [0.2, 0.25) is 0 Å². The standard InChI is InChI=1S/C17H25NO3/c1-4-5-6-13-7-9-14(10-8-13)17(21)18-15(12(2)3)11-16(19)20/h7-10,12,15H,4-6,11H2,1-3H3,(H,18,21)(H,19,20). The Balaban J connectivity index is 2.67. The van der Waals surface area contributed by atoms with Gasteiger partial charge in [-0.15, -0.1) is 0 Å². The Bertz CT molecular complexity index is 465. The van der Waals surface area contributed by atoms with Gasteiger partial charge in [0.1, 0.15) is 0 Å². The van der Waals surface area contributed by atoms with Crippen LogP contribution in [0.5, 0.6) is 0 Å². The van der Waals surface area contributed by atoms with Gasteiger partial charge in [-0.05, 0) is 36.5 Å². The first kappa shape index (κ1) is 17.2. The van der Waals surface area contributed by atoms with Gasteiger partial charge in [0.15, 0.2) is 0 Å². The van der Waals surface area contributed by atoms with Crippen molar-refractivity contribution >= 4 is 11.9 Å². The molecule has 4 heteroatoms. The summed E-state index contributed by atoms with van der Waals surface area (Å²) in [6.07, 6.45) is 3.25. The van der Waals surface area contributed by atoms with Crippen molar-refractivity contribution in [3.63, 3.8) is 0 Å². The van der Waals surface area contributed by atoms with E-state index in [9.17, 15) is 9.59 Å². The summed E-state index contributed by atoms with van der Waals surface area (Å²) in [5, 5.41) is 11.7. The van der Waals surface area contributed by atoms with Crippen molar-refractivity contribution in [3.05, 3.63) is 35.4 Å². The molecule has 0 saturated carbocycles. The minimum atomic E-state index is -0.899. The minimum absolute atomic E-state index is 0.0575. The van der Waals surface area contributed by atoms with E-state index in [2.05, 4.69) is 12.2 Å². The fourth-order valence-electron chi connectivity index (χ4n) is 2.10. The van der Waals surface area contributed by atoms with E-state index in [-0.39, 0.29) is 24.3 Å². The molecule has 1 unspecified atom stereocenters. The van der Waals surface area contributed by atoms with Crippen LogP contribution in [0, 0.1) is 5.92 Å². The number of benzene rings is 1. The van der Waals surface area contributed by atoms with Crippen molar-refractivity contribution in [2.75, 3.05) is 0 Å². The van der Waals surface area contributed by atoms with E-state index in [4.69, 9.17) is 5.11 Å². The Labute approximate surface area is 126 Å². The molecule has 0 heterocycles. The third-order valence-corrected chi connectivity index (χ3v) is 3.55. The van der Waals surface area contributed by atoms with Crippen LogP contribution in [-0.4, -0.2) is 23.0 Å². The molecule has 116 valence electrons. The van der Waals surface area contributed by atoms with Crippen molar-refractivity contribution in [2.45, 2.75) is 52.5 Å². The van der Waals surface area contributed by atoms with Gasteiger partial charge in [-0.1, -0.05) is 39.3 Å². The highest BCUT2D eigenvalue weighted by atomic mass is 16.4. The van der Waals surface area contributed by atoms with Gasteiger partial charge in [0.2, 0.25) is 0 Å². The number of rotatable bonds is 8. The fourth-order valence-corrected chi connectivity index (χ4v) is 2.10. The maximum atomic E-state index is 12.2. The number of carbonyl (C=O) groups excluding carboxylic acids is 1. The summed E-state index contributed by atoms with van der Waals surface area (Å²) in [4.78, 5) is 23.0. The van der Waals surface area contributed by atoms with Crippen molar-refractivity contribution in [3.8, 4) is 0 Å². The number of nitrogens with one attached hydrogen (secondary N) is 1. The second kappa shape index (κ2) is 8.45. The summed E-state index contributed by atoms with van der Waals surface area (Å²) in [5.41, 5.74) is 1.80. The lowest BCUT2D eigenvalue weighted by atomic mass is 10.00. The average Bonchev–Trinajstić information content (AvgIpc) is 2.44. The van der Waals surface area contributed by atoms with Crippen LogP contribution in [0.25, 0.3) is 0 Å². The molecule has 0 radical (unpaired) electrons. The van der Waals surface area contributed by atoms with Crippen LogP contribution >= 0.6 is 0 Å². The summed E-state index contributed by atoms with van der Waals surface area (Å²) < 4.78 is 0. The van der Waals surface area contributed by atoms with Gasteiger partial charge in [-0.25, -0.2) is 0 Å². The molecule has 1 aromatic carbocycles. The number of carboxylic acid groups (broad SMARTS) is 1. The first-order valence-corrected chi connectivity index (χ1v) is 7.55. The number of hydrogen-bond acceptors (Lipinski definition) is 2. The molecule has 1 atom stereocenters. The van der Waals surface area contributed by atoms with Crippen LogP contribution in [0.3, 0.4) is 0 Å². The molecule has 0 bridgehead atoms. The Kier molecular flexibility index (Phi) is 6.92. The summed E-state index contributed by atoms with van der Waals surface area (Å²) >= 11 is 0. The highest BCUT2D eigenvalue weighted by Crippen LogP contribution is 2.11.